The van der Waals surface area contributed by atoms with E-state index in [9.17, 15) is 4.79 Å². The monoisotopic (exact) mass is 318 g/mol. The molecule has 0 saturated carbocycles. The number of nitrogens with one attached hydrogen (secondary N) is 2. The fourth-order valence-electron chi connectivity index (χ4n) is 1.61. The number of carbonyl (C=O) groups excluding carboxylic acids is 1. The Morgan fingerprint density at radius 3 is 2.59 bits per heavy atom. The van der Waals surface area contributed by atoms with Crippen LogP contribution in [0.15, 0.2) is 22.7 Å². The van der Waals surface area contributed by atoms with Crippen molar-refractivity contribution in [2.45, 2.75) is 25.9 Å². The van der Waals surface area contributed by atoms with E-state index < -0.39 is 0 Å². The molecule has 0 bridgehead atoms. The molecule has 0 aliphatic carbocycles. The van der Waals surface area contributed by atoms with Crippen LogP contribution in [0.25, 0.3) is 0 Å². The predicted octanol–water partition coefficient (Wildman–Crippen LogP) is 2.89. The van der Waals surface area contributed by atoms with Gasteiger partial charge < -0.3 is 5.32 Å². The van der Waals surface area contributed by atoms with E-state index in [2.05, 4.69) is 26.6 Å². The van der Waals surface area contributed by atoms with Crippen LogP contribution in [0.1, 0.15) is 25.5 Å². The number of benzene rings is 1. The summed E-state index contributed by atoms with van der Waals surface area (Å²) in [6.45, 7) is 3.80. The minimum Gasteiger partial charge on any atom is -0.358 e. The van der Waals surface area contributed by atoms with E-state index in [0.29, 0.717) is 5.02 Å². The summed E-state index contributed by atoms with van der Waals surface area (Å²) in [5.74, 6) is -0.0370. The first-order chi connectivity index (χ1) is 7.95. The molecule has 0 aromatic heterocycles. The molecule has 94 valence electrons. The van der Waals surface area contributed by atoms with Crippen LogP contribution in [0.4, 0.5) is 0 Å². The Bertz CT molecular complexity index is 411. The van der Waals surface area contributed by atoms with Crippen LogP contribution < -0.4 is 10.6 Å². The first kappa shape index (κ1) is 14.5. The maximum atomic E-state index is 11.4. The zero-order chi connectivity index (χ0) is 13.0. The fraction of sp³-hybridized carbons (Fsp3) is 0.417. The molecule has 1 amide bonds. The minimum atomic E-state index is -0.255. The number of hydrogen-bond acceptors (Lipinski definition) is 2. The van der Waals surface area contributed by atoms with Gasteiger partial charge in [0, 0.05) is 22.6 Å². The molecule has 2 unspecified atom stereocenters. The SMILES string of the molecule is CNC(=O)C(C)NC(C)c1ccc(Br)cc1Cl. The van der Waals surface area contributed by atoms with Crippen LogP contribution in [0.2, 0.25) is 5.02 Å². The van der Waals surface area contributed by atoms with Crippen LogP contribution in [0.5, 0.6) is 0 Å². The van der Waals surface area contributed by atoms with Crippen LogP contribution >= 0.6 is 27.5 Å². The molecule has 0 fully saturated rings. The van der Waals surface area contributed by atoms with Gasteiger partial charge in [-0.15, -0.1) is 0 Å². The van der Waals surface area contributed by atoms with Gasteiger partial charge in [-0.05, 0) is 31.5 Å². The summed E-state index contributed by atoms with van der Waals surface area (Å²) in [6.07, 6.45) is 0. The van der Waals surface area contributed by atoms with Crippen molar-refractivity contribution in [2.24, 2.45) is 0 Å². The van der Waals surface area contributed by atoms with Crippen molar-refractivity contribution in [3.63, 3.8) is 0 Å². The molecule has 0 spiro atoms. The lowest BCUT2D eigenvalue weighted by Gasteiger charge is -2.20. The Kier molecular flexibility index (Phi) is 5.43. The Morgan fingerprint density at radius 1 is 1.41 bits per heavy atom. The summed E-state index contributed by atoms with van der Waals surface area (Å²) >= 11 is 9.51. The molecular formula is C12H16BrClN2O. The van der Waals surface area contributed by atoms with Crippen molar-refractivity contribution in [2.75, 3.05) is 7.05 Å². The number of hydrogen-bond donors (Lipinski definition) is 2. The van der Waals surface area contributed by atoms with E-state index in [-0.39, 0.29) is 18.0 Å². The molecule has 0 radical (unpaired) electrons. The number of amides is 1. The van der Waals surface area contributed by atoms with Crippen molar-refractivity contribution in [1.29, 1.82) is 0 Å². The molecule has 2 N–H and O–H groups in total. The molecule has 0 aliphatic heterocycles. The largest absolute Gasteiger partial charge is 0.358 e. The van der Waals surface area contributed by atoms with E-state index in [1.807, 2.05) is 32.0 Å². The number of halogens is 2. The number of carbonyl (C=O) groups is 1. The van der Waals surface area contributed by atoms with Gasteiger partial charge in [0.15, 0.2) is 0 Å². The molecule has 5 heteroatoms. The third-order valence-electron chi connectivity index (χ3n) is 2.57. The summed E-state index contributed by atoms with van der Waals surface area (Å²) in [5, 5.41) is 6.48. The summed E-state index contributed by atoms with van der Waals surface area (Å²) in [4.78, 5) is 11.4. The maximum Gasteiger partial charge on any atom is 0.236 e. The van der Waals surface area contributed by atoms with E-state index in [4.69, 9.17) is 11.6 Å². The molecule has 17 heavy (non-hydrogen) atoms. The summed E-state index contributed by atoms with van der Waals surface area (Å²) in [6, 6.07) is 5.49. The smallest absolute Gasteiger partial charge is 0.236 e. The molecule has 1 rings (SSSR count). The van der Waals surface area contributed by atoms with Crippen molar-refractivity contribution >= 4 is 33.4 Å². The van der Waals surface area contributed by atoms with Gasteiger partial charge in [0.1, 0.15) is 0 Å². The van der Waals surface area contributed by atoms with Crippen molar-refractivity contribution < 1.29 is 4.79 Å². The molecule has 1 aromatic rings. The predicted molar refractivity (Wildman–Crippen MR) is 74.2 cm³/mol. The normalized spacial score (nSPS) is 14.2. The van der Waals surface area contributed by atoms with Gasteiger partial charge in [-0.25, -0.2) is 0 Å². The first-order valence-electron chi connectivity index (χ1n) is 5.38. The lowest BCUT2D eigenvalue weighted by Crippen LogP contribution is -2.41. The summed E-state index contributed by atoms with van der Waals surface area (Å²) in [5.41, 5.74) is 0.977. The van der Waals surface area contributed by atoms with Gasteiger partial charge >= 0.3 is 0 Å². The van der Waals surface area contributed by atoms with Crippen LogP contribution in [0.3, 0.4) is 0 Å². The van der Waals surface area contributed by atoms with Crippen molar-refractivity contribution in [1.82, 2.24) is 10.6 Å². The minimum absolute atomic E-state index is 0.0166. The number of likely N-dealkylation sites (N-methyl/N-ethyl adjacent to an activating group) is 1. The fourth-order valence-corrected chi connectivity index (χ4v) is 2.45. The topological polar surface area (TPSA) is 41.1 Å². The Balaban J connectivity index is 2.76. The average Bonchev–Trinajstić information content (AvgIpc) is 2.27. The van der Waals surface area contributed by atoms with Gasteiger partial charge in [-0.1, -0.05) is 33.6 Å². The quantitative estimate of drug-likeness (QED) is 0.896. The molecule has 3 nitrogen and oxygen atoms in total. The van der Waals surface area contributed by atoms with E-state index >= 15 is 0 Å². The lowest BCUT2D eigenvalue weighted by atomic mass is 10.1. The third kappa shape index (κ3) is 3.98. The molecular weight excluding hydrogens is 304 g/mol. The van der Waals surface area contributed by atoms with Gasteiger partial charge in [0.25, 0.3) is 0 Å². The molecule has 2 atom stereocenters. The van der Waals surface area contributed by atoms with Gasteiger partial charge in [0.2, 0.25) is 5.91 Å². The molecule has 0 heterocycles. The van der Waals surface area contributed by atoms with Crippen molar-refractivity contribution in [3.8, 4) is 0 Å². The highest BCUT2D eigenvalue weighted by atomic mass is 79.9. The van der Waals surface area contributed by atoms with Crippen molar-refractivity contribution in [3.05, 3.63) is 33.3 Å². The summed E-state index contributed by atoms with van der Waals surface area (Å²) in [7, 11) is 1.62. The van der Waals surface area contributed by atoms with Crippen LogP contribution in [-0.2, 0) is 4.79 Å². The zero-order valence-corrected chi connectivity index (χ0v) is 12.4. The van der Waals surface area contributed by atoms with E-state index in [0.717, 1.165) is 10.0 Å². The standard InChI is InChI=1S/C12H16BrClN2O/c1-7(16-8(2)12(17)15-3)10-5-4-9(13)6-11(10)14/h4-8,16H,1-3H3,(H,15,17). The molecule has 0 saturated heterocycles. The summed E-state index contributed by atoms with van der Waals surface area (Å²) < 4.78 is 0.942. The van der Waals surface area contributed by atoms with Gasteiger partial charge in [-0.2, -0.15) is 0 Å². The third-order valence-corrected chi connectivity index (χ3v) is 3.39. The second-order valence-electron chi connectivity index (χ2n) is 3.89. The molecule has 1 aromatic carbocycles. The Labute approximate surface area is 115 Å². The number of rotatable bonds is 4. The lowest BCUT2D eigenvalue weighted by molar-refractivity contribution is -0.122. The van der Waals surface area contributed by atoms with Gasteiger partial charge in [-0.3, -0.25) is 10.1 Å². The first-order valence-corrected chi connectivity index (χ1v) is 6.55. The van der Waals surface area contributed by atoms with Gasteiger partial charge in [0.05, 0.1) is 6.04 Å². The average molecular weight is 320 g/mol. The van der Waals surface area contributed by atoms with Crippen LogP contribution in [-0.4, -0.2) is 19.0 Å². The highest BCUT2D eigenvalue weighted by molar-refractivity contribution is 9.10. The second-order valence-corrected chi connectivity index (χ2v) is 5.21. The Hall–Kier alpha value is -0.580. The zero-order valence-electron chi connectivity index (χ0n) is 10.1. The Morgan fingerprint density at radius 2 is 2.06 bits per heavy atom. The van der Waals surface area contributed by atoms with E-state index in [1.165, 1.54) is 0 Å². The van der Waals surface area contributed by atoms with E-state index in [1.54, 1.807) is 7.05 Å². The van der Waals surface area contributed by atoms with Crippen LogP contribution in [0, 0.1) is 0 Å². The molecule has 0 aliphatic rings. The second kappa shape index (κ2) is 6.38. The maximum absolute atomic E-state index is 11.4. The highest BCUT2D eigenvalue weighted by Crippen LogP contribution is 2.26. The highest BCUT2D eigenvalue weighted by Gasteiger charge is 2.16.